The molecule has 0 saturated heterocycles. The molecule has 5 nitrogen and oxygen atoms in total. The quantitative estimate of drug-likeness (QED) is 0.756. The molecule has 2 N–H and O–H groups in total. The van der Waals surface area contributed by atoms with Gasteiger partial charge in [0.25, 0.3) is 11.8 Å². The van der Waals surface area contributed by atoms with E-state index in [9.17, 15) is 9.59 Å². The fourth-order valence-corrected chi connectivity index (χ4v) is 3.94. The SMILES string of the molecule is Cc1cc(C)c(NC(=O)c2cncc(C(=O)NC3CCCCCC3)c2)c(C)c1. The molecule has 3 rings (SSSR count). The van der Waals surface area contributed by atoms with Crippen molar-refractivity contribution >= 4 is 17.5 Å². The second-order valence-electron chi connectivity index (χ2n) is 7.85. The van der Waals surface area contributed by atoms with E-state index in [2.05, 4.69) is 15.6 Å². The molecule has 1 aromatic heterocycles. The van der Waals surface area contributed by atoms with Crippen LogP contribution >= 0.6 is 0 Å². The van der Waals surface area contributed by atoms with Gasteiger partial charge in [-0.3, -0.25) is 14.6 Å². The first-order valence-electron chi connectivity index (χ1n) is 10.1. The Balaban J connectivity index is 1.72. The van der Waals surface area contributed by atoms with E-state index in [-0.39, 0.29) is 17.9 Å². The number of carbonyl (C=O) groups excluding carboxylic acids is 2. The van der Waals surface area contributed by atoms with Gasteiger partial charge in [0.05, 0.1) is 11.1 Å². The monoisotopic (exact) mass is 379 g/mol. The fraction of sp³-hybridized carbons (Fsp3) is 0.435. The first-order valence-corrected chi connectivity index (χ1v) is 10.1. The predicted molar refractivity (Wildman–Crippen MR) is 112 cm³/mol. The molecule has 1 saturated carbocycles. The molecule has 0 radical (unpaired) electrons. The van der Waals surface area contributed by atoms with Crippen LogP contribution in [0, 0.1) is 20.8 Å². The number of carbonyl (C=O) groups is 2. The Morgan fingerprint density at radius 1 is 0.857 bits per heavy atom. The normalized spacial score (nSPS) is 15.0. The summed E-state index contributed by atoms with van der Waals surface area (Å²) < 4.78 is 0. The van der Waals surface area contributed by atoms with Gasteiger partial charge < -0.3 is 10.6 Å². The second kappa shape index (κ2) is 9.00. The van der Waals surface area contributed by atoms with Crippen LogP contribution in [0.25, 0.3) is 0 Å². The van der Waals surface area contributed by atoms with Crippen LogP contribution in [-0.2, 0) is 0 Å². The highest BCUT2D eigenvalue weighted by molar-refractivity contribution is 6.06. The summed E-state index contributed by atoms with van der Waals surface area (Å²) in [6.45, 7) is 5.99. The highest BCUT2D eigenvalue weighted by atomic mass is 16.2. The molecule has 5 heteroatoms. The standard InChI is InChI=1S/C23H29N3O2/c1-15-10-16(2)21(17(3)11-15)26-23(28)19-12-18(13-24-14-19)22(27)25-20-8-6-4-5-7-9-20/h10-14,20H,4-9H2,1-3H3,(H,25,27)(H,26,28). The van der Waals surface area contributed by atoms with Crippen LogP contribution in [0.2, 0.25) is 0 Å². The summed E-state index contributed by atoms with van der Waals surface area (Å²) >= 11 is 0. The molecule has 1 heterocycles. The lowest BCUT2D eigenvalue weighted by molar-refractivity contribution is 0.0933. The van der Waals surface area contributed by atoms with Gasteiger partial charge in [-0.05, 0) is 50.8 Å². The number of anilines is 1. The van der Waals surface area contributed by atoms with Crippen LogP contribution in [0.1, 0.15) is 75.9 Å². The Hall–Kier alpha value is -2.69. The number of aromatic nitrogens is 1. The van der Waals surface area contributed by atoms with Gasteiger partial charge >= 0.3 is 0 Å². The molecule has 28 heavy (non-hydrogen) atoms. The number of nitrogens with one attached hydrogen (secondary N) is 2. The maximum absolute atomic E-state index is 12.7. The van der Waals surface area contributed by atoms with Gasteiger partial charge in [0, 0.05) is 24.1 Å². The Morgan fingerprint density at radius 3 is 2.04 bits per heavy atom. The zero-order valence-electron chi connectivity index (χ0n) is 17.0. The predicted octanol–water partition coefficient (Wildman–Crippen LogP) is 4.71. The van der Waals surface area contributed by atoms with Gasteiger partial charge in [0.15, 0.2) is 0 Å². The van der Waals surface area contributed by atoms with Crippen molar-refractivity contribution in [1.82, 2.24) is 10.3 Å². The summed E-state index contributed by atoms with van der Waals surface area (Å²) in [5.41, 5.74) is 4.81. The minimum Gasteiger partial charge on any atom is -0.349 e. The van der Waals surface area contributed by atoms with E-state index < -0.39 is 0 Å². The van der Waals surface area contributed by atoms with Gasteiger partial charge in [0.1, 0.15) is 0 Å². The Kier molecular flexibility index (Phi) is 6.45. The molecule has 1 aliphatic rings. The van der Waals surface area contributed by atoms with Crippen LogP contribution in [0.4, 0.5) is 5.69 Å². The number of aryl methyl sites for hydroxylation is 3. The average molecular weight is 380 g/mol. The number of rotatable bonds is 4. The molecule has 0 aliphatic heterocycles. The maximum Gasteiger partial charge on any atom is 0.257 e. The number of hydrogen-bond acceptors (Lipinski definition) is 3. The highest BCUT2D eigenvalue weighted by Gasteiger charge is 2.18. The van der Waals surface area contributed by atoms with Crippen molar-refractivity contribution in [2.24, 2.45) is 0 Å². The maximum atomic E-state index is 12.7. The van der Waals surface area contributed by atoms with Gasteiger partial charge in [0.2, 0.25) is 0 Å². The third-order valence-corrected chi connectivity index (χ3v) is 5.37. The van der Waals surface area contributed by atoms with Crippen LogP contribution in [0.5, 0.6) is 0 Å². The number of amides is 2. The van der Waals surface area contributed by atoms with E-state index in [1.807, 2.05) is 32.9 Å². The van der Waals surface area contributed by atoms with E-state index in [4.69, 9.17) is 0 Å². The topological polar surface area (TPSA) is 71.1 Å². The zero-order valence-corrected chi connectivity index (χ0v) is 17.0. The number of hydrogen-bond donors (Lipinski definition) is 2. The Morgan fingerprint density at radius 2 is 1.43 bits per heavy atom. The number of benzene rings is 1. The highest BCUT2D eigenvalue weighted by Crippen LogP contribution is 2.23. The van der Waals surface area contributed by atoms with Crippen molar-refractivity contribution < 1.29 is 9.59 Å². The van der Waals surface area contributed by atoms with Crippen molar-refractivity contribution in [3.63, 3.8) is 0 Å². The Bertz CT molecular complexity index is 845. The molecule has 1 aromatic carbocycles. The third kappa shape index (κ3) is 4.97. The zero-order chi connectivity index (χ0) is 20.1. The lowest BCUT2D eigenvalue weighted by Gasteiger charge is -2.16. The summed E-state index contributed by atoms with van der Waals surface area (Å²) in [7, 11) is 0. The van der Waals surface area contributed by atoms with Crippen molar-refractivity contribution in [2.45, 2.75) is 65.3 Å². The molecule has 1 aliphatic carbocycles. The minimum absolute atomic E-state index is 0.156. The van der Waals surface area contributed by atoms with E-state index in [0.717, 1.165) is 48.1 Å². The molecule has 2 aromatic rings. The largest absolute Gasteiger partial charge is 0.349 e. The van der Waals surface area contributed by atoms with Crippen LogP contribution in [0.15, 0.2) is 30.6 Å². The minimum atomic E-state index is -0.258. The second-order valence-corrected chi connectivity index (χ2v) is 7.85. The van der Waals surface area contributed by atoms with Gasteiger partial charge in [-0.15, -0.1) is 0 Å². The first kappa shape index (κ1) is 20.1. The summed E-state index contributed by atoms with van der Waals surface area (Å²) in [4.78, 5) is 29.5. The summed E-state index contributed by atoms with van der Waals surface area (Å²) in [6.07, 6.45) is 9.84. The Labute approximate surface area is 167 Å². The molecule has 0 spiro atoms. The average Bonchev–Trinajstić information content (AvgIpc) is 2.93. The van der Waals surface area contributed by atoms with Gasteiger partial charge in [-0.2, -0.15) is 0 Å². The van der Waals surface area contributed by atoms with Crippen molar-refractivity contribution in [3.8, 4) is 0 Å². The van der Waals surface area contributed by atoms with Crippen molar-refractivity contribution in [3.05, 3.63) is 58.4 Å². The molecule has 1 fully saturated rings. The lowest BCUT2D eigenvalue weighted by Crippen LogP contribution is -2.34. The van der Waals surface area contributed by atoms with E-state index in [1.165, 1.54) is 25.2 Å². The van der Waals surface area contributed by atoms with Gasteiger partial charge in [-0.1, -0.05) is 43.4 Å². The first-order chi connectivity index (χ1) is 13.4. The molecular formula is C23H29N3O2. The lowest BCUT2D eigenvalue weighted by atomic mass is 10.0. The summed E-state index contributed by atoms with van der Waals surface area (Å²) in [5.74, 6) is -0.414. The van der Waals surface area contributed by atoms with Crippen LogP contribution < -0.4 is 10.6 Å². The van der Waals surface area contributed by atoms with Crippen LogP contribution in [0.3, 0.4) is 0 Å². The van der Waals surface area contributed by atoms with E-state index in [1.54, 1.807) is 6.07 Å². The van der Waals surface area contributed by atoms with Gasteiger partial charge in [-0.25, -0.2) is 0 Å². The molecule has 2 amide bonds. The molecule has 0 bridgehead atoms. The summed E-state index contributed by atoms with van der Waals surface area (Å²) in [5, 5.41) is 6.07. The third-order valence-electron chi connectivity index (χ3n) is 5.37. The number of pyridine rings is 1. The molecular weight excluding hydrogens is 350 g/mol. The molecule has 0 atom stereocenters. The summed E-state index contributed by atoms with van der Waals surface area (Å²) in [6, 6.07) is 5.91. The number of nitrogens with zero attached hydrogens (tertiary/aromatic N) is 1. The fourth-order valence-electron chi connectivity index (χ4n) is 3.94. The van der Waals surface area contributed by atoms with E-state index >= 15 is 0 Å². The molecule has 148 valence electrons. The van der Waals surface area contributed by atoms with Crippen molar-refractivity contribution in [2.75, 3.05) is 5.32 Å². The van der Waals surface area contributed by atoms with E-state index in [0.29, 0.717) is 11.1 Å². The van der Waals surface area contributed by atoms with Crippen LogP contribution in [-0.4, -0.2) is 22.8 Å². The molecule has 0 unspecified atom stereocenters. The van der Waals surface area contributed by atoms with Crippen molar-refractivity contribution in [1.29, 1.82) is 0 Å². The smallest absolute Gasteiger partial charge is 0.257 e.